The summed E-state index contributed by atoms with van der Waals surface area (Å²) in [5.74, 6) is -1.61. The number of carboxylic acids is 1. The Bertz CT molecular complexity index is 900. The van der Waals surface area contributed by atoms with E-state index >= 15 is 0 Å². The lowest BCUT2D eigenvalue weighted by Crippen LogP contribution is -2.07. The zero-order chi connectivity index (χ0) is 15.9. The normalized spacial score (nSPS) is 10.8. The van der Waals surface area contributed by atoms with Crippen molar-refractivity contribution < 1.29 is 14.7 Å². The fraction of sp³-hybridized carbons (Fsp3) is 0.0714. The highest BCUT2D eigenvalue weighted by Crippen LogP contribution is 2.32. The number of carbonyl (C=O) groups is 2. The number of aromatic carboxylic acids is 1. The number of benzene rings is 1. The number of anilines is 1. The predicted octanol–water partition coefficient (Wildman–Crippen LogP) is 2.70. The molecule has 2 aromatic heterocycles. The Hall–Kier alpha value is -2.61. The van der Waals surface area contributed by atoms with Crippen molar-refractivity contribution in [3.05, 3.63) is 36.0 Å². The summed E-state index contributed by atoms with van der Waals surface area (Å²) in [4.78, 5) is 26.4. The van der Waals surface area contributed by atoms with Gasteiger partial charge in [0.25, 0.3) is 0 Å². The first kappa shape index (κ1) is 14.3. The Labute approximate surface area is 130 Å². The third kappa shape index (κ3) is 2.60. The molecule has 0 saturated carbocycles. The number of aromatic nitrogens is 2. The van der Waals surface area contributed by atoms with Crippen LogP contribution < -0.4 is 5.32 Å². The van der Waals surface area contributed by atoms with Crippen molar-refractivity contribution in [1.29, 1.82) is 0 Å². The van der Waals surface area contributed by atoms with Gasteiger partial charge in [-0.2, -0.15) is 0 Å². The maximum atomic E-state index is 11.0. The van der Waals surface area contributed by atoms with Crippen molar-refractivity contribution in [3.8, 4) is 10.7 Å². The lowest BCUT2D eigenvalue weighted by molar-refractivity contribution is 0.0697. The summed E-state index contributed by atoms with van der Waals surface area (Å²) in [6, 6.07) is 6.60. The van der Waals surface area contributed by atoms with Gasteiger partial charge in [-0.3, -0.25) is 4.79 Å². The van der Waals surface area contributed by atoms with Gasteiger partial charge >= 0.3 is 5.97 Å². The number of nitrogens with one attached hydrogen (secondary N) is 1. The van der Waals surface area contributed by atoms with Gasteiger partial charge in [0.1, 0.15) is 5.01 Å². The predicted molar refractivity (Wildman–Crippen MR) is 85.8 cm³/mol. The summed E-state index contributed by atoms with van der Waals surface area (Å²) >= 11 is 1.45. The van der Waals surface area contributed by atoms with Crippen LogP contribution in [-0.4, -0.2) is 34.3 Å². The van der Waals surface area contributed by atoms with Crippen LogP contribution in [0.25, 0.3) is 20.9 Å². The molecule has 0 fully saturated rings. The van der Waals surface area contributed by atoms with Gasteiger partial charge in [0.05, 0.1) is 27.2 Å². The van der Waals surface area contributed by atoms with Crippen LogP contribution in [0.1, 0.15) is 10.4 Å². The molecular weight excluding hydrogens is 301 g/mol. The van der Waals surface area contributed by atoms with E-state index in [1.54, 1.807) is 30.5 Å². The zero-order valence-electron chi connectivity index (χ0n) is 11.5. The molecule has 6 nitrogen and oxygen atoms in total. The van der Waals surface area contributed by atoms with Crippen molar-refractivity contribution in [2.24, 2.45) is 7.05 Å². The highest BCUT2D eigenvalue weighted by Gasteiger charge is 2.13. The number of carboxylic acid groups (broad SMARTS) is 1. The fourth-order valence-corrected chi connectivity index (χ4v) is 3.16. The molecule has 1 amide bonds. The van der Waals surface area contributed by atoms with Gasteiger partial charge in [0.2, 0.25) is 7.85 Å². The Morgan fingerprint density at radius 3 is 2.82 bits per heavy atom. The molecule has 8 heteroatoms. The van der Waals surface area contributed by atoms with E-state index in [-0.39, 0.29) is 5.56 Å². The molecule has 0 aliphatic carbocycles. The number of nitrogens with zero attached hydrogens (tertiary/aromatic N) is 2. The maximum Gasteiger partial charge on any atom is 0.335 e. The highest BCUT2D eigenvalue weighted by atomic mass is 32.1. The summed E-state index contributed by atoms with van der Waals surface area (Å²) < 4.78 is 2.71. The van der Waals surface area contributed by atoms with Gasteiger partial charge < -0.3 is 15.0 Å². The minimum absolute atomic E-state index is 0.201. The van der Waals surface area contributed by atoms with Gasteiger partial charge in [-0.1, -0.05) is 0 Å². The molecule has 0 unspecified atom stereocenters. The fourth-order valence-electron chi connectivity index (χ4n) is 2.16. The summed E-state index contributed by atoms with van der Waals surface area (Å²) in [6.07, 6.45) is 1.73. The van der Waals surface area contributed by atoms with Gasteiger partial charge in [0, 0.05) is 13.2 Å². The smallest absolute Gasteiger partial charge is 0.335 e. The van der Waals surface area contributed by atoms with Gasteiger partial charge in [-0.05, 0) is 24.3 Å². The molecule has 2 N–H and O–H groups in total. The molecule has 1 aromatic carbocycles. The van der Waals surface area contributed by atoms with E-state index in [0.717, 1.165) is 15.4 Å². The number of hydrogen-bond acceptors (Lipinski definition) is 4. The van der Waals surface area contributed by atoms with E-state index < -0.39 is 11.8 Å². The average Bonchev–Trinajstić information content (AvgIpc) is 3.00. The first-order valence-electron chi connectivity index (χ1n) is 6.31. The summed E-state index contributed by atoms with van der Waals surface area (Å²) in [7, 11) is 6.93. The SMILES string of the molecule is [B]C(=O)Nc1cc(-c2nc3cc(C(=O)O)ccc3s2)n(C)c1. The molecule has 0 atom stereocenters. The molecule has 3 aromatic rings. The standard InChI is InChI=1S/C14H10BN3O3S/c1-18-6-8(16-14(15)21)5-10(18)12-17-9-4-7(13(19)20)2-3-11(9)22-12/h2-6H,1H3,(H,16,21)(H,19,20). The van der Waals surface area contributed by atoms with Gasteiger partial charge in [-0.15, -0.1) is 11.3 Å². The number of rotatable bonds is 3. The molecule has 2 radical (unpaired) electrons. The van der Waals surface area contributed by atoms with Crippen LogP contribution in [0.15, 0.2) is 30.5 Å². The summed E-state index contributed by atoms with van der Waals surface area (Å²) in [5.41, 5.74) is 2.22. The Morgan fingerprint density at radius 1 is 1.36 bits per heavy atom. The van der Waals surface area contributed by atoms with Crippen LogP contribution in [0.5, 0.6) is 0 Å². The van der Waals surface area contributed by atoms with E-state index in [9.17, 15) is 9.59 Å². The van der Waals surface area contributed by atoms with Crippen LogP contribution in [0.3, 0.4) is 0 Å². The van der Waals surface area contributed by atoms with Gasteiger partial charge in [0.15, 0.2) is 5.81 Å². The first-order chi connectivity index (χ1) is 10.4. The van der Waals surface area contributed by atoms with E-state index in [1.165, 1.54) is 11.3 Å². The van der Waals surface area contributed by atoms with E-state index in [0.29, 0.717) is 11.2 Å². The number of thiazole rings is 1. The Balaban J connectivity index is 2.04. The van der Waals surface area contributed by atoms with Crippen LogP contribution in [0.2, 0.25) is 0 Å². The van der Waals surface area contributed by atoms with E-state index in [1.807, 2.05) is 11.6 Å². The third-order valence-corrected chi connectivity index (χ3v) is 4.19. The number of aryl methyl sites for hydroxylation is 1. The molecule has 108 valence electrons. The molecule has 0 aliphatic rings. The quantitative estimate of drug-likeness (QED) is 0.728. The van der Waals surface area contributed by atoms with Gasteiger partial charge in [-0.25, -0.2) is 9.78 Å². The number of amides is 1. The molecule has 0 aliphatic heterocycles. The monoisotopic (exact) mass is 311 g/mol. The number of hydrogen-bond donors (Lipinski definition) is 2. The van der Waals surface area contributed by atoms with Crippen molar-refractivity contribution in [2.45, 2.75) is 0 Å². The van der Waals surface area contributed by atoms with Crippen molar-refractivity contribution in [1.82, 2.24) is 9.55 Å². The lowest BCUT2D eigenvalue weighted by Gasteiger charge is -1.96. The highest BCUT2D eigenvalue weighted by molar-refractivity contribution is 7.21. The molecule has 0 saturated heterocycles. The number of carbonyl (C=O) groups excluding carboxylic acids is 1. The maximum absolute atomic E-state index is 11.0. The minimum Gasteiger partial charge on any atom is -0.478 e. The van der Waals surface area contributed by atoms with E-state index in [4.69, 9.17) is 13.0 Å². The average molecular weight is 311 g/mol. The second kappa shape index (κ2) is 5.30. The van der Waals surface area contributed by atoms with Crippen molar-refractivity contribution >= 4 is 46.9 Å². The number of fused-ring (bicyclic) bond motifs is 1. The molecule has 3 rings (SSSR count). The minimum atomic E-state index is -0.983. The van der Waals surface area contributed by atoms with Crippen LogP contribution in [-0.2, 0) is 7.05 Å². The van der Waals surface area contributed by atoms with Crippen LogP contribution in [0.4, 0.5) is 10.5 Å². The zero-order valence-corrected chi connectivity index (χ0v) is 12.3. The molecule has 0 spiro atoms. The van der Waals surface area contributed by atoms with E-state index in [2.05, 4.69) is 10.3 Å². The molecule has 0 bridgehead atoms. The van der Waals surface area contributed by atoms with Crippen molar-refractivity contribution in [2.75, 3.05) is 5.32 Å². The molecular formula is C14H10BN3O3S. The summed E-state index contributed by atoms with van der Waals surface area (Å²) in [5, 5.41) is 12.3. The summed E-state index contributed by atoms with van der Waals surface area (Å²) in [6.45, 7) is 0. The first-order valence-corrected chi connectivity index (χ1v) is 7.13. The van der Waals surface area contributed by atoms with Crippen LogP contribution in [0, 0.1) is 0 Å². The third-order valence-electron chi connectivity index (χ3n) is 3.13. The van der Waals surface area contributed by atoms with Crippen LogP contribution >= 0.6 is 11.3 Å². The largest absolute Gasteiger partial charge is 0.478 e. The molecule has 2 heterocycles. The Morgan fingerprint density at radius 2 is 2.14 bits per heavy atom. The second-order valence-electron chi connectivity index (χ2n) is 4.72. The molecule has 22 heavy (non-hydrogen) atoms. The second-order valence-corrected chi connectivity index (χ2v) is 5.75. The topological polar surface area (TPSA) is 84.2 Å². The van der Waals surface area contributed by atoms with Crippen molar-refractivity contribution in [3.63, 3.8) is 0 Å². The Kier molecular flexibility index (Phi) is 3.46. The lowest BCUT2D eigenvalue weighted by atomic mass is 10.1.